The summed E-state index contributed by atoms with van der Waals surface area (Å²) in [7, 11) is 2.43. The van der Waals surface area contributed by atoms with Crippen LogP contribution >= 0.6 is 39.3 Å². The fourth-order valence-corrected chi connectivity index (χ4v) is 4.87. The van der Waals surface area contributed by atoms with Crippen LogP contribution in [0.2, 0.25) is 5.02 Å². The molecule has 1 saturated heterocycles. The van der Waals surface area contributed by atoms with Gasteiger partial charge in [0.25, 0.3) is 11.1 Å². The molecule has 14 heteroatoms. The predicted molar refractivity (Wildman–Crippen MR) is 147 cm³/mol. The van der Waals surface area contributed by atoms with E-state index in [1.165, 1.54) is 38.5 Å². The van der Waals surface area contributed by atoms with Crippen molar-refractivity contribution in [1.29, 1.82) is 0 Å². The fourth-order valence-electron chi connectivity index (χ4n) is 3.27. The second kappa shape index (κ2) is 13.5. The topological polar surface area (TPSA) is 138 Å². The van der Waals surface area contributed by atoms with Crippen molar-refractivity contribution in [2.45, 2.75) is 6.92 Å². The largest absolute Gasteiger partial charge is 0.490 e. The van der Waals surface area contributed by atoms with Gasteiger partial charge in [-0.25, -0.2) is 9.59 Å². The molecule has 1 aliphatic rings. The van der Waals surface area contributed by atoms with Crippen LogP contribution in [0.25, 0.3) is 6.08 Å². The Kier molecular flexibility index (Phi) is 10.4. The Bertz CT molecular complexity index is 1370. The van der Waals surface area contributed by atoms with Gasteiger partial charge >= 0.3 is 11.9 Å². The molecule has 0 saturated carbocycles. The van der Waals surface area contributed by atoms with Crippen molar-refractivity contribution in [1.82, 2.24) is 4.90 Å². The number of carbonyl (C=O) groups excluding carboxylic acids is 5. The molecule has 0 bridgehead atoms. The smallest absolute Gasteiger partial charge is 0.343 e. The van der Waals surface area contributed by atoms with Gasteiger partial charge < -0.3 is 24.3 Å². The van der Waals surface area contributed by atoms with Gasteiger partial charge in [0, 0.05) is 5.69 Å². The highest BCUT2D eigenvalue weighted by atomic mass is 79.9. The third kappa shape index (κ3) is 7.52. The van der Waals surface area contributed by atoms with Crippen molar-refractivity contribution in [3.8, 4) is 11.5 Å². The number of ether oxygens (including phenoxy) is 4. The van der Waals surface area contributed by atoms with Crippen LogP contribution in [0, 0.1) is 0 Å². The molecule has 0 aromatic heterocycles. The zero-order valence-electron chi connectivity index (χ0n) is 20.9. The lowest BCUT2D eigenvalue weighted by Crippen LogP contribution is -2.36. The average Bonchev–Trinajstić information content (AvgIpc) is 3.15. The molecule has 1 aliphatic heterocycles. The molecule has 0 atom stereocenters. The Morgan fingerprint density at radius 2 is 1.85 bits per heavy atom. The molecule has 1 N–H and O–H groups in total. The van der Waals surface area contributed by atoms with Gasteiger partial charge in [-0.15, -0.1) is 0 Å². The molecular formula is C25H22BrClN2O9S. The first kappa shape index (κ1) is 30.0. The number of benzene rings is 2. The maximum Gasteiger partial charge on any atom is 0.343 e. The predicted octanol–water partition coefficient (Wildman–Crippen LogP) is 4.51. The Hall–Kier alpha value is -3.55. The van der Waals surface area contributed by atoms with E-state index in [2.05, 4.69) is 30.7 Å². The summed E-state index contributed by atoms with van der Waals surface area (Å²) >= 11 is 10.0. The summed E-state index contributed by atoms with van der Waals surface area (Å²) in [5, 5.41) is 2.04. The van der Waals surface area contributed by atoms with Crippen molar-refractivity contribution in [2.24, 2.45) is 0 Å². The van der Waals surface area contributed by atoms with Crippen LogP contribution in [0.4, 0.5) is 10.5 Å². The average molecular weight is 642 g/mol. The third-order valence-corrected chi connectivity index (χ3v) is 6.85. The van der Waals surface area contributed by atoms with Crippen LogP contribution < -0.4 is 14.8 Å². The summed E-state index contributed by atoms with van der Waals surface area (Å²) in [6.07, 6.45) is 1.47. The molecule has 1 fully saturated rings. The Balaban J connectivity index is 1.76. The van der Waals surface area contributed by atoms with E-state index in [0.29, 0.717) is 34.2 Å². The lowest BCUT2D eigenvalue weighted by Gasteiger charge is -2.14. The fraction of sp³-hybridized carbons (Fsp3) is 0.240. The van der Waals surface area contributed by atoms with Crippen LogP contribution in [0.5, 0.6) is 11.5 Å². The van der Waals surface area contributed by atoms with Gasteiger partial charge in [0.2, 0.25) is 5.91 Å². The number of thioether (sulfide) groups is 1. The summed E-state index contributed by atoms with van der Waals surface area (Å²) in [6.45, 7) is 1.17. The number of halogens is 2. The zero-order chi connectivity index (χ0) is 28.7. The first-order chi connectivity index (χ1) is 18.6. The van der Waals surface area contributed by atoms with Gasteiger partial charge in [0.15, 0.2) is 18.1 Å². The van der Waals surface area contributed by atoms with Crippen molar-refractivity contribution in [2.75, 3.05) is 39.3 Å². The molecule has 11 nitrogen and oxygen atoms in total. The number of anilines is 1. The first-order valence-electron chi connectivity index (χ1n) is 11.2. The molecular weight excluding hydrogens is 620 g/mol. The number of carbonyl (C=O) groups is 5. The number of hydrogen-bond donors (Lipinski definition) is 1. The van der Waals surface area contributed by atoms with E-state index in [0.717, 1.165) is 4.90 Å². The minimum absolute atomic E-state index is 0.0466. The van der Waals surface area contributed by atoms with Crippen LogP contribution in [0.1, 0.15) is 22.8 Å². The monoisotopic (exact) mass is 640 g/mol. The highest BCUT2D eigenvalue weighted by molar-refractivity contribution is 9.10. The van der Waals surface area contributed by atoms with Gasteiger partial charge in [-0.1, -0.05) is 11.6 Å². The highest BCUT2D eigenvalue weighted by Gasteiger charge is 2.36. The second-order valence-corrected chi connectivity index (χ2v) is 9.88. The summed E-state index contributed by atoms with van der Waals surface area (Å²) in [5.74, 6) is -2.02. The Morgan fingerprint density at radius 1 is 1.10 bits per heavy atom. The van der Waals surface area contributed by atoms with Gasteiger partial charge in [0.05, 0.1) is 40.8 Å². The summed E-state index contributed by atoms with van der Waals surface area (Å²) in [6, 6.07) is 7.40. The Labute approximate surface area is 240 Å². The summed E-state index contributed by atoms with van der Waals surface area (Å²) in [5.41, 5.74) is 0.780. The van der Waals surface area contributed by atoms with E-state index >= 15 is 0 Å². The second-order valence-electron chi connectivity index (χ2n) is 7.63. The SMILES string of the molecule is CCOc1cc(/C=C2\SC(=O)N(CC(=O)Nc3ccc(Cl)c(C(=O)OC)c3)C2=O)cc(Br)c1OCC(=O)OC. The van der Waals surface area contributed by atoms with Gasteiger partial charge in [-0.05, 0) is 76.6 Å². The number of esters is 2. The third-order valence-electron chi connectivity index (χ3n) is 5.02. The lowest BCUT2D eigenvalue weighted by atomic mass is 10.2. The Morgan fingerprint density at radius 3 is 2.51 bits per heavy atom. The normalized spacial score (nSPS) is 13.9. The number of hydrogen-bond acceptors (Lipinski definition) is 10. The summed E-state index contributed by atoms with van der Waals surface area (Å²) in [4.78, 5) is 62.3. The maximum atomic E-state index is 12.9. The van der Waals surface area contributed by atoms with E-state index in [-0.39, 0.29) is 33.5 Å². The van der Waals surface area contributed by atoms with E-state index in [1.54, 1.807) is 19.1 Å². The van der Waals surface area contributed by atoms with E-state index in [1.807, 2.05) is 0 Å². The molecule has 3 amide bonds. The van der Waals surface area contributed by atoms with Crippen molar-refractivity contribution in [3.63, 3.8) is 0 Å². The van der Waals surface area contributed by atoms with Crippen molar-refractivity contribution >= 4 is 80.0 Å². The molecule has 1 heterocycles. The van der Waals surface area contributed by atoms with Crippen molar-refractivity contribution < 1.29 is 42.9 Å². The highest BCUT2D eigenvalue weighted by Crippen LogP contribution is 2.39. The minimum Gasteiger partial charge on any atom is -0.490 e. The number of methoxy groups -OCH3 is 2. The van der Waals surface area contributed by atoms with Crippen LogP contribution in [-0.4, -0.2) is 67.9 Å². The van der Waals surface area contributed by atoms with E-state index in [4.69, 9.17) is 21.1 Å². The van der Waals surface area contributed by atoms with Crippen LogP contribution in [-0.2, 0) is 23.9 Å². The molecule has 0 unspecified atom stereocenters. The first-order valence-corrected chi connectivity index (χ1v) is 13.2. The number of rotatable bonds is 10. The molecule has 0 spiro atoms. The molecule has 2 aromatic rings. The zero-order valence-corrected chi connectivity index (χ0v) is 24.0. The number of amides is 3. The summed E-state index contributed by atoms with van der Waals surface area (Å²) < 4.78 is 20.8. The molecule has 0 radical (unpaired) electrons. The number of nitrogens with one attached hydrogen (secondary N) is 1. The standard InChI is InChI=1S/C25H22BrClN2O9S/c1-4-37-18-8-13(7-16(26)22(18)38-12-21(31)35-2)9-19-23(32)29(25(34)39-19)11-20(30)28-14-5-6-17(27)15(10-14)24(33)36-3/h5-10H,4,11-12H2,1-3H3,(H,28,30)/b19-9-. The quantitative estimate of drug-likeness (QED) is 0.291. The maximum absolute atomic E-state index is 12.9. The van der Waals surface area contributed by atoms with Gasteiger partial charge in [-0.3, -0.25) is 19.3 Å². The molecule has 3 rings (SSSR count). The minimum atomic E-state index is -0.686. The molecule has 0 aliphatic carbocycles. The van der Waals surface area contributed by atoms with Crippen LogP contribution in [0.15, 0.2) is 39.7 Å². The van der Waals surface area contributed by atoms with Crippen molar-refractivity contribution in [3.05, 3.63) is 55.9 Å². The van der Waals surface area contributed by atoms with E-state index in [9.17, 15) is 24.0 Å². The van der Waals surface area contributed by atoms with E-state index < -0.39 is 35.5 Å². The molecule has 2 aromatic carbocycles. The molecule has 39 heavy (non-hydrogen) atoms. The van der Waals surface area contributed by atoms with Gasteiger partial charge in [-0.2, -0.15) is 0 Å². The molecule has 206 valence electrons. The van der Waals surface area contributed by atoms with Gasteiger partial charge in [0.1, 0.15) is 6.54 Å². The van der Waals surface area contributed by atoms with Crippen LogP contribution in [0.3, 0.4) is 0 Å². The number of nitrogens with zero attached hydrogens (tertiary/aromatic N) is 1. The lowest BCUT2D eigenvalue weighted by molar-refractivity contribution is -0.143. The number of imide groups is 1.